The highest BCUT2D eigenvalue weighted by atomic mass is 32.2. The van der Waals surface area contributed by atoms with Gasteiger partial charge in [-0.25, -0.2) is 0 Å². The normalized spacial score (nSPS) is 11.9. The lowest BCUT2D eigenvalue weighted by Gasteiger charge is -2.14. The van der Waals surface area contributed by atoms with Crippen LogP contribution in [0.3, 0.4) is 0 Å². The van der Waals surface area contributed by atoms with Crippen LogP contribution in [0.25, 0.3) is 5.69 Å². The third-order valence-corrected chi connectivity index (χ3v) is 5.04. The van der Waals surface area contributed by atoms with E-state index in [1.54, 1.807) is 19.2 Å². The molecule has 8 heteroatoms. The van der Waals surface area contributed by atoms with E-state index in [2.05, 4.69) is 10.2 Å². The van der Waals surface area contributed by atoms with Gasteiger partial charge in [0.05, 0.1) is 7.11 Å². The van der Waals surface area contributed by atoms with Gasteiger partial charge >= 0.3 is 0 Å². The van der Waals surface area contributed by atoms with Crippen molar-refractivity contribution < 1.29 is 9.66 Å². The maximum Gasteiger partial charge on any atom is 0.220 e. The molecule has 0 aliphatic heterocycles. The van der Waals surface area contributed by atoms with Gasteiger partial charge in [-0.3, -0.25) is 14.7 Å². The molecule has 0 amide bonds. The van der Waals surface area contributed by atoms with E-state index in [9.17, 15) is 10.1 Å². The summed E-state index contributed by atoms with van der Waals surface area (Å²) in [4.78, 5) is 10.9. The second-order valence-electron chi connectivity index (χ2n) is 5.60. The molecule has 1 heterocycles. The molecule has 1 aromatic heterocycles. The Hall–Kier alpha value is -2.87. The van der Waals surface area contributed by atoms with Crippen LogP contribution in [-0.2, 0) is 0 Å². The van der Waals surface area contributed by atoms with Crippen LogP contribution in [0.5, 0.6) is 5.75 Å². The summed E-state index contributed by atoms with van der Waals surface area (Å²) in [5.41, 5.74) is 1.76. The van der Waals surface area contributed by atoms with Crippen molar-refractivity contribution in [3.05, 3.63) is 76.1 Å². The number of nitro groups is 1. The van der Waals surface area contributed by atoms with Gasteiger partial charge in [-0.05, 0) is 36.8 Å². The number of para-hydroxylation sites is 1. The molecule has 7 nitrogen and oxygen atoms in total. The number of methoxy groups -OCH3 is 1. The molecule has 2 aromatic carbocycles. The van der Waals surface area contributed by atoms with Crippen LogP contribution >= 0.6 is 11.8 Å². The monoisotopic (exact) mass is 370 g/mol. The highest BCUT2D eigenvalue weighted by Crippen LogP contribution is 2.36. The number of thioether (sulfide) groups is 1. The number of aromatic nitrogens is 3. The van der Waals surface area contributed by atoms with Crippen molar-refractivity contribution in [3.63, 3.8) is 0 Å². The maximum atomic E-state index is 11.2. The average molecular weight is 370 g/mol. The first-order valence-corrected chi connectivity index (χ1v) is 8.86. The van der Waals surface area contributed by atoms with Gasteiger partial charge in [0.2, 0.25) is 6.54 Å². The van der Waals surface area contributed by atoms with Gasteiger partial charge in [-0.1, -0.05) is 42.1 Å². The van der Waals surface area contributed by atoms with E-state index in [1.807, 2.05) is 54.0 Å². The fourth-order valence-corrected chi connectivity index (χ4v) is 3.76. The summed E-state index contributed by atoms with van der Waals surface area (Å²) in [6.45, 7) is 1.65. The molecule has 3 aromatic rings. The Morgan fingerprint density at radius 1 is 1.15 bits per heavy atom. The van der Waals surface area contributed by atoms with E-state index < -0.39 is 0 Å². The van der Waals surface area contributed by atoms with Gasteiger partial charge in [0, 0.05) is 10.6 Å². The van der Waals surface area contributed by atoms with E-state index in [-0.39, 0.29) is 16.7 Å². The highest BCUT2D eigenvalue weighted by molar-refractivity contribution is 7.99. The Morgan fingerprint density at radius 3 is 2.46 bits per heavy atom. The molecule has 26 heavy (non-hydrogen) atoms. The van der Waals surface area contributed by atoms with Gasteiger partial charge in [-0.15, -0.1) is 10.2 Å². The van der Waals surface area contributed by atoms with Crippen LogP contribution in [-0.4, -0.2) is 33.3 Å². The zero-order valence-electron chi connectivity index (χ0n) is 14.4. The number of hydrogen-bond donors (Lipinski definition) is 0. The summed E-state index contributed by atoms with van der Waals surface area (Å²) in [6.07, 6.45) is 0. The Morgan fingerprint density at radius 2 is 1.85 bits per heavy atom. The van der Waals surface area contributed by atoms with E-state index in [4.69, 9.17) is 4.74 Å². The number of nitrogens with zero attached hydrogens (tertiary/aromatic N) is 4. The third-order valence-electron chi connectivity index (χ3n) is 3.86. The van der Waals surface area contributed by atoms with Crippen molar-refractivity contribution in [2.24, 2.45) is 0 Å². The predicted molar refractivity (Wildman–Crippen MR) is 99.5 cm³/mol. The van der Waals surface area contributed by atoms with E-state index in [1.165, 1.54) is 11.8 Å². The smallest absolute Gasteiger partial charge is 0.220 e. The molecule has 0 saturated heterocycles. The number of ether oxygens (including phenoxy) is 1. The minimum Gasteiger partial charge on any atom is -0.497 e. The van der Waals surface area contributed by atoms with Crippen molar-refractivity contribution in [2.75, 3.05) is 13.7 Å². The fourth-order valence-electron chi connectivity index (χ4n) is 2.59. The third kappa shape index (κ3) is 4.02. The Kier molecular flexibility index (Phi) is 5.52. The van der Waals surface area contributed by atoms with Gasteiger partial charge in [0.1, 0.15) is 16.8 Å². The lowest BCUT2D eigenvalue weighted by atomic mass is 10.1. The van der Waals surface area contributed by atoms with Crippen molar-refractivity contribution in [2.45, 2.75) is 17.3 Å². The number of rotatable bonds is 7. The summed E-state index contributed by atoms with van der Waals surface area (Å²) in [5.74, 6) is 1.44. The molecule has 1 atom stereocenters. The summed E-state index contributed by atoms with van der Waals surface area (Å²) in [6, 6.07) is 17.0. The first-order valence-electron chi connectivity index (χ1n) is 7.98. The topological polar surface area (TPSA) is 83.1 Å². The Labute approximate surface area is 155 Å². The molecule has 0 saturated carbocycles. The molecule has 0 unspecified atom stereocenters. The SMILES string of the molecule is COc1ccc([C@H](C[N+](=O)[O-])Sc2nnc(C)n2-c2ccccc2)cc1. The molecule has 0 aliphatic rings. The van der Waals surface area contributed by atoms with Gasteiger partial charge in [0.15, 0.2) is 5.16 Å². The average Bonchev–Trinajstić information content (AvgIpc) is 3.02. The lowest BCUT2D eigenvalue weighted by Crippen LogP contribution is -2.11. The summed E-state index contributed by atoms with van der Waals surface area (Å²) in [5, 5.41) is 19.8. The van der Waals surface area contributed by atoms with E-state index in [0.717, 1.165) is 17.1 Å². The van der Waals surface area contributed by atoms with Crippen molar-refractivity contribution in [3.8, 4) is 11.4 Å². The van der Waals surface area contributed by atoms with Crippen LogP contribution in [0.1, 0.15) is 16.6 Å². The van der Waals surface area contributed by atoms with Crippen molar-refractivity contribution in [1.82, 2.24) is 14.8 Å². The molecule has 0 aliphatic carbocycles. The molecule has 0 spiro atoms. The minimum atomic E-state index is -0.387. The zero-order chi connectivity index (χ0) is 18.5. The fraction of sp³-hybridized carbons (Fsp3) is 0.222. The summed E-state index contributed by atoms with van der Waals surface area (Å²) >= 11 is 1.33. The molecular formula is C18H18N4O3S. The van der Waals surface area contributed by atoms with Crippen LogP contribution in [0.2, 0.25) is 0 Å². The van der Waals surface area contributed by atoms with Crippen LogP contribution in [0.15, 0.2) is 59.8 Å². The second kappa shape index (κ2) is 8.01. The van der Waals surface area contributed by atoms with Gasteiger partial charge < -0.3 is 4.74 Å². The van der Waals surface area contributed by atoms with E-state index in [0.29, 0.717) is 10.9 Å². The minimum absolute atomic E-state index is 0.211. The van der Waals surface area contributed by atoms with Crippen molar-refractivity contribution in [1.29, 1.82) is 0 Å². The molecule has 0 radical (unpaired) electrons. The molecular weight excluding hydrogens is 352 g/mol. The van der Waals surface area contributed by atoms with Gasteiger partial charge in [0.25, 0.3) is 0 Å². The van der Waals surface area contributed by atoms with Crippen LogP contribution < -0.4 is 4.74 Å². The summed E-state index contributed by atoms with van der Waals surface area (Å²) < 4.78 is 7.07. The Balaban J connectivity index is 1.94. The number of hydrogen-bond acceptors (Lipinski definition) is 6. The number of benzene rings is 2. The molecule has 134 valence electrons. The second-order valence-corrected chi connectivity index (χ2v) is 6.77. The zero-order valence-corrected chi connectivity index (χ0v) is 15.2. The Bertz CT molecular complexity index is 881. The maximum absolute atomic E-state index is 11.2. The first-order chi connectivity index (χ1) is 12.6. The molecule has 0 bridgehead atoms. The predicted octanol–water partition coefficient (Wildman–Crippen LogP) is 3.69. The standard InChI is InChI=1S/C18H18N4O3S/c1-13-19-20-18(22(13)15-6-4-3-5-7-15)26-17(12-21(23)24)14-8-10-16(25-2)11-9-14/h3-11,17H,12H2,1-2H3/t17-/m0/s1. The summed E-state index contributed by atoms with van der Waals surface area (Å²) in [7, 11) is 1.59. The molecule has 0 fully saturated rings. The highest BCUT2D eigenvalue weighted by Gasteiger charge is 2.23. The van der Waals surface area contributed by atoms with Crippen molar-refractivity contribution >= 4 is 11.8 Å². The largest absolute Gasteiger partial charge is 0.497 e. The quantitative estimate of drug-likeness (QED) is 0.358. The van der Waals surface area contributed by atoms with Crippen LogP contribution in [0.4, 0.5) is 0 Å². The van der Waals surface area contributed by atoms with Crippen LogP contribution in [0, 0.1) is 17.0 Å². The lowest BCUT2D eigenvalue weighted by molar-refractivity contribution is -0.479. The number of aryl methyl sites for hydroxylation is 1. The van der Waals surface area contributed by atoms with E-state index >= 15 is 0 Å². The van der Waals surface area contributed by atoms with Gasteiger partial charge in [-0.2, -0.15) is 0 Å². The molecule has 3 rings (SSSR count). The molecule has 0 N–H and O–H groups in total. The first kappa shape index (κ1) is 17.9.